The third-order valence-corrected chi connectivity index (χ3v) is 5.40. The Morgan fingerprint density at radius 3 is 2.55 bits per heavy atom. The van der Waals surface area contributed by atoms with E-state index in [0.717, 1.165) is 16.7 Å². The smallest absolute Gasteiger partial charge is 0.341 e. The van der Waals surface area contributed by atoms with Gasteiger partial charge in [-0.15, -0.1) is 0 Å². The summed E-state index contributed by atoms with van der Waals surface area (Å²) in [7, 11) is 1.41. The molecule has 1 N–H and O–H groups in total. The van der Waals surface area contributed by atoms with Crippen LogP contribution in [0.4, 0.5) is 10.5 Å². The van der Waals surface area contributed by atoms with Gasteiger partial charge in [0.05, 0.1) is 27.7 Å². The minimum absolute atomic E-state index is 0.210. The number of rotatable bonds is 6. The number of methoxy groups -OCH3 is 1. The van der Waals surface area contributed by atoms with Crippen molar-refractivity contribution in [3.05, 3.63) is 56.9 Å². The van der Waals surface area contributed by atoms with Crippen LogP contribution in [0.25, 0.3) is 6.08 Å². The fraction of sp³-hybridized carbons (Fsp3) is 0.105. The average Bonchev–Trinajstić information content (AvgIpc) is 2.96. The molecule has 1 aliphatic heterocycles. The molecule has 0 aromatic heterocycles. The highest BCUT2D eigenvalue weighted by Crippen LogP contribution is 2.38. The second-order valence-corrected chi connectivity index (χ2v) is 7.52. The van der Waals surface area contributed by atoms with Crippen LogP contribution in [0.3, 0.4) is 0 Å². The molecular weight excluding hydrogens is 441 g/mol. The molecule has 1 aliphatic rings. The first kappa shape index (κ1) is 21.0. The number of benzene rings is 2. The van der Waals surface area contributed by atoms with Gasteiger partial charge in [0.1, 0.15) is 0 Å². The number of carboxylic acids is 1. The summed E-state index contributed by atoms with van der Waals surface area (Å²) in [6, 6.07) is 9.20. The van der Waals surface area contributed by atoms with Crippen LogP contribution in [0.5, 0.6) is 11.5 Å². The normalized spacial score (nSPS) is 15.1. The molecule has 1 fully saturated rings. The third-order valence-electron chi connectivity index (χ3n) is 3.79. The van der Waals surface area contributed by atoms with E-state index in [4.69, 9.17) is 37.8 Å². The number of ether oxygens (including phenoxy) is 2. The van der Waals surface area contributed by atoms with Crippen molar-refractivity contribution in [2.75, 3.05) is 18.6 Å². The van der Waals surface area contributed by atoms with Crippen LogP contribution in [-0.4, -0.2) is 35.9 Å². The molecule has 29 heavy (non-hydrogen) atoms. The molecule has 3 rings (SSSR count). The highest BCUT2D eigenvalue weighted by Gasteiger charge is 2.36. The summed E-state index contributed by atoms with van der Waals surface area (Å²) in [5, 5.41) is 8.80. The van der Waals surface area contributed by atoms with Crippen molar-refractivity contribution in [1.82, 2.24) is 0 Å². The minimum Gasteiger partial charge on any atom is -0.493 e. The Kier molecular flexibility index (Phi) is 6.36. The molecule has 0 spiro atoms. The summed E-state index contributed by atoms with van der Waals surface area (Å²) in [5.74, 6) is -1.07. The molecule has 2 aromatic carbocycles. The van der Waals surface area contributed by atoms with Gasteiger partial charge in [-0.05, 0) is 53.7 Å². The SMILES string of the molecule is COc1cc(/C=C2/SC(=O)N(c3ccc(Cl)c(Cl)c3)C2=O)ccc1OCC(=O)O. The first-order valence-corrected chi connectivity index (χ1v) is 9.63. The van der Waals surface area contributed by atoms with Crippen molar-refractivity contribution in [2.24, 2.45) is 0 Å². The molecule has 7 nitrogen and oxygen atoms in total. The number of carbonyl (C=O) groups is 3. The topological polar surface area (TPSA) is 93.1 Å². The number of anilines is 1. The molecule has 10 heteroatoms. The molecule has 2 aromatic rings. The Bertz CT molecular complexity index is 1040. The summed E-state index contributed by atoms with van der Waals surface area (Å²) < 4.78 is 10.3. The Morgan fingerprint density at radius 1 is 1.14 bits per heavy atom. The van der Waals surface area contributed by atoms with Gasteiger partial charge in [-0.2, -0.15) is 0 Å². The van der Waals surface area contributed by atoms with Crippen LogP contribution in [0, 0.1) is 0 Å². The molecule has 0 saturated carbocycles. The number of imide groups is 1. The first-order valence-electron chi connectivity index (χ1n) is 8.06. The molecule has 150 valence electrons. The second kappa shape index (κ2) is 8.77. The van der Waals surface area contributed by atoms with E-state index < -0.39 is 23.7 Å². The number of amides is 2. The Balaban J connectivity index is 1.87. The quantitative estimate of drug-likeness (QED) is 0.632. The van der Waals surface area contributed by atoms with Gasteiger partial charge in [0.2, 0.25) is 0 Å². The van der Waals surface area contributed by atoms with Crippen molar-refractivity contribution in [3.63, 3.8) is 0 Å². The van der Waals surface area contributed by atoms with Crippen LogP contribution in [-0.2, 0) is 9.59 Å². The van der Waals surface area contributed by atoms with E-state index in [2.05, 4.69) is 0 Å². The van der Waals surface area contributed by atoms with E-state index in [0.29, 0.717) is 22.0 Å². The molecule has 0 unspecified atom stereocenters. The minimum atomic E-state index is -1.12. The summed E-state index contributed by atoms with van der Waals surface area (Å²) in [6.45, 7) is -0.516. The monoisotopic (exact) mass is 453 g/mol. The predicted molar refractivity (Wildman–Crippen MR) is 111 cm³/mol. The molecule has 0 radical (unpaired) electrons. The summed E-state index contributed by atoms with van der Waals surface area (Å²) in [5.41, 5.74) is 0.893. The van der Waals surface area contributed by atoms with Crippen LogP contribution in [0.15, 0.2) is 41.3 Å². The number of nitrogens with zero attached hydrogens (tertiary/aromatic N) is 1. The average molecular weight is 454 g/mol. The second-order valence-electron chi connectivity index (χ2n) is 5.71. The van der Waals surface area contributed by atoms with Gasteiger partial charge in [0, 0.05) is 0 Å². The molecule has 0 aliphatic carbocycles. The van der Waals surface area contributed by atoms with Gasteiger partial charge in [0.15, 0.2) is 18.1 Å². The Labute approximate surface area is 179 Å². The maximum absolute atomic E-state index is 12.7. The van der Waals surface area contributed by atoms with Crippen molar-refractivity contribution in [3.8, 4) is 11.5 Å². The number of halogens is 2. The van der Waals surface area contributed by atoms with Gasteiger partial charge < -0.3 is 14.6 Å². The summed E-state index contributed by atoms with van der Waals surface area (Å²) >= 11 is 12.7. The van der Waals surface area contributed by atoms with Crippen molar-refractivity contribution < 1.29 is 29.0 Å². The predicted octanol–water partition coefficient (Wildman–Crippen LogP) is 4.71. The molecular formula is C19H13Cl2NO6S. The number of aliphatic carboxylic acids is 1. The lowest BCUT2D eigenvalue weighted by Gasteiger charge is -2.13. The standard InChI is InChI=1S/C19H13Cl2NO6S/c1-27-15-6-10(2-5-14(15)28-9-17(23)24)7-16-18(25)22(19(26)29-16)11-3-4-12(20)13(21)8-11/h2-8H,9H2,1H3,(H,23,24)/b16-7+. The zero-order valence-corrected chi connectivity index (χ0v) is 17.2. The Morgan fingerprint density at radius 2 is 1.90 bits per heavy atom. The van der Waals surface area contributed by atoms with Crippen LogP contribution < -0.4 is 14.4 Å². The largest absolute Gasteiger partial charge is 0.493 e. The first-order chi connectivity index (χ1) is 13.8. The van der Waals surface area contributed by atoms with E-state index >= 15 is 0 Å². The molecule has 1 saturated heterocycles. The fourth-order valence-corrected chi connectivity index (χ4v) is 3.63. The van der Waals surface area contributed by atoms with Gasteiger partial charge in [-0.3, -0.25) is 9.59 Å². The van der Waals surface area contributed by atoms with Crippen molar-refractivity contribution >= 4 is 63.8 Å². The molecule has 1 heterocycles. The third kappa shape index (κ3) is 4.67. The number of hydrogen-bond acceptors (Lipinski definition) is 6. The number of thioether (sulfide) groups is 1. The Hall–Kier alpha value is -2.68. The maximum atomic E-state index is 12.7. The highest BCUT2D eigenvalue weighted by molar-refractivity contribution is 8.19. The summed E-state index contributed by atoms with van der Waals surface area (Å²) in [4.78, 5) is 37.0. The zero-order chi connectivity index (χ0) is 21.1. The van der Waals surface area contributed by atoms with E-state index in [-0.39, 0.29) is 15.7 Å². The van der Waals surface area contributed by atoms with Crippen LogP contribution >= 0.6 is 35.0 Å². The van der Waals surface area contributed by atoms with E-state index in [1.165, 1.54) is 37.5 Å². The van der Waals surface area contributed by atoms with E-state index in [1.807, 2.05) is 0 Å². The lowest BCUT2D eigenvalue weighted by Crippen LogP contribution is -2.27. The van der Waals surface area contributed by atoms with E-state index in [1.54, 1.807) is 12.1 Å². The summed E-state index contributed by atoms with van der Waals surface area (Å²) in [6.07, 6.45) is 1.53. The van der Waals surface area contributed by atoms with Crippen LogP contribution in [0.1, 0.15) is 5.56 Å². The number of carbonyl (C=O) groups excluding carboxylic acids is 2. The number of carboxylic acid groups (broad SMARTS) is 1. The lowest BCUT2D eigenvalue weighted by molar-refractivity contribution is -0.139. The van der Waals surface area contributed by atoms with Gasteiger partial charge >= 0.3 is 5.97 Å². The number of hydrogen-bond donors (Lipinski definition) is 1. The maximum Gasteiger partial charge on any atom is 0.341 e. The van der Waals surface area contributed by atoms with Gasteiger partial charge in [-0.1, -0.05) is 29.3 Å². The van der Waals surface area contributed by atoms with Gasteiger partial charge in [0.25, 0.3) is 11.1 Å². The van der Waals surface area contributed by atoms with Gasteiger partial charge in [-0.25, -0.2) is 9.69 Å². The lowest BCUT2D eigenvalue weighted by atomic mass is 10.2. The fourth-order valence-electron chi connectivity index (χ4n) is 2.50. The van der Waals surface area contributed by atoms with Crippen molar-refractivity contribution in [1.29, 1.82) is 0 Å². The molecule has 0 bridgehead atoms. The van der Waals surface area contributed by atoms with Crippen LogP contribution in [0.2, 0.25) is 10.0 Å². The van der Waals surface area contributed by atoms with Crippen molar-refractivity contribution in [2.45, 2.75) is 0 Å². The zero-order valence-electron chi connectivity index (χ0n) is 14.8. The van der Waals surface area contributed by atoms with E-state index in [9.17, 15) is 14.4 Å². The molecule has 0 atom stereocenters. The molecule has 2 amide bonds. The highest BCUT2D eigenvalue weighted by atomic mass is 35.5.